The van der Waals surface area contributed by atoms with Gasteiger partial charge < -0.3 is 27.2 Å². The lowest BCUT2D eigenvalue weighted by Gasteiger charge is -2.24. The van der Waals surface area contributed by atoms with Gasteiger partial charge in [-0.05, 0) is 163 Å². The molecular formula is C45H69BrN14O2. The summed E-state index contributed by atoms with van der Waals surface area (Å²) in [5.74, 6) is -0.833. The first-order chi connectivity index (χ1) is 29.8. The second-order valence-electron chi connectivity index (χ2n) is 15.4. The van der Waals surface area contributed by atoms with Crippen LogP contribution in [-0.2, 0) is 4.79 Å². The van der Waals surface area contributed by atoms with Gasteiger partial charge in [-0.25, -0.2) is 4.68 Å². The molecular weight excluding hydrogens is 848 g/mol. The van der Waals surface area contributed by atoms with E-state index in [-0.39, 0.29) is 12.1 Å². The van der Waals surface area contributed by atoms with Crippen LogP contribution in [0.25, 0.3) is 5.69 Å². The van der Waals surface area contributed by atoms with E-state index in [1.165, 1.54) is 44.1 Å². The number of hydrogen-bond acceptors (Lipinski definition) is 11. The first kappa shape index (κ1) is 51.3. The number of nitrogens with zero attached hydrogens (tertiary/aromatic N) is 9. The molecule has 2 aliphatic heterocycles. The Bertz CT molecular complexity index is 1990. The predicted octanol–water partition coefficient (Wildman–Crippen LogP) is 6.98. The van der Waals surface area contributed by atoms with Gasteiger partial charge in [0.25, 0.3) is 5.97 Å². The molecule has 338 valence electrons. The van der Waals surface area contributed by atoms with Gasteiger partial charge >= 0.3 is 0 Å². The highest BCUT2D eigenvalue weighted by Gasteiger charge is 2.17. The SMILES string of the molecule is CC(=O)O.Cc1ccn(-c2ccncc2)n1.Cc1ccn(C2CCNCC2)n1.Cc1ccn[nH]1.Cc1ccncc1.Cc1nn(C2CCNCC2)cc1Br.N[C@H]1CCCC[C@@H]1N. The number of halogens is 1. The third kappa shape index (κ3) is 21.1. The molecule has 1 aliphatic carbocycles. The normalized spacial score (nSPS) is 17.2. The Kier molecular flexibility index (Phi) is 24.2. The van der Waals surface area contributed by atoms with Crippen molar-refractivity contribution in [2.45, 2.75) is 117 Å². The minimum Gasteiger partial charge on any atom is -0.481 e. The summed E-state index contributed by atoms with van der Waals surface area (Å²) < 4.78 is 7.15. The van der Waals surface area contributed by atoms with E-state index in [1.54, 1.807) is 31.0 Å². The van der Waals surface area contributed by atoms with Crippen molar-refractivity contribution in [1.82, 2.24) is 60.1 Å². The molecule has 2 atom stereocenters. The quantitative estimate of drug-likeness (QED) is 0.106. The van der Waals surface area contributed by atoms with Crippen LogP contribution in [0.1, 0.15) is 98.7 Å². The molecule has 9 rings (SSSR count). The van der Waals surface area contributed by atoms with Crippen molar-refractivity contribution in [3.05, 3.63) is 125 Å². The lowest BCUT2D eigenvalue weighted by molar-refractivity contribution is -0.134. The molecule has 6 aromatic heterocycles. The first-order valence-electron chi connectivity index (χ1n) is 21.4. The lowest BCUT2D eigenvalue weighted by atomic mass is 9.92. The molecule has 0 spiro atoms. The van der Waals surface area contributed by atoms with Crippen molar-refractivity contribution >= 4 is 21.9 Å². The molecule has 16 nitrogen and oxygen atoms in total. The Hall–Kier alpha value is -5.07. The van der Waals surface area contributed by atoms with Crippen LogP contribution in [0.15, 0.2) is 96.5 Å². The van der Waals surface area contributed by atoms with Crippen LogP contribution in [0.4, 0.5) is 0 Å². The number of hydrogen-bond donors (Lipinski definition) is 6. The third-order valence-electron chi connectivity index (χ3n) is 9.98. The van der Waals surface area contributed by atoms with Crippen LogP contribution in [0.2, 0.25) is 0 Å². The van der Waals surface area contributed by atoms with Gasteiger partial charge in [0, 0.05) is 74.3 Å². The van der Waals surface area contributed by atoms with E-state index >= 15 is 0 Å². The number of H-pyrrole nitrogens is 1. The number of carboxylic acid groups (broad SMARTS) is 1. The van der Waals surface area contributed by atoms with E-state index in [0.717, 1.165) is 78.9 Å². The molecule has 0 radical (unpaired) electrons. The number of aliphatic carboxylic acids is 1. The van der Waals surface area contributed by atoms with Crippen molar-refractivity contribution in [3.8, 4) is 5.69 Å². The topological polar surface area (TPSA) is 221 Å². The van der Waals surface area contributed by atoms with Gasteiger partial charge in [-0.1, -0.05) is 12.8 Å². The van der Waals surface area contributed by atoms with Gasteiger partial charge in [0.05, 0.1) is 39.3 Å². The molecule has 0 bridgehead atoms. The van der Waals surface area contributed by atoms with Crippen LogP contribution in [0.5, 0.6) is 0 Å². The van der Waals surface area contributed by atoms with Crippen LogP contribution in [-0.4, -0.2) is 98.8 Å². The standard InChI is InChI=1S/C9H14BrN3.C9H15N3.C9H9N3.C6H14N2.C6H7N.C4H6N2.C2H4O2/c1-7-9(10)6-13(12-7)8-2-4-11-5-3-8;2*1-8-4-7-12(11-8)9-2-5-10-6-3-9;7-5-3-1-2-4-6(5)8;1-6-2-4-7-5-3-6;1-4-2-3-5-6-4;1-2(3)4/h6,8,11H,2-5H2,1H3;4,7,9-10H,2-3,5-6H2,1H3;2-7H,1H3;5-6H,1-4,7-8H2;2-5H,1H3;2-3H,1H3,(H,5,6);1H3,(H,3,4)/t;;;5-,6-;;;/m...0.../s1. The average Bonchev–Trinajstić information content (AvgIpc) is 4.11. The lowest BCUT2D eigenvalue weighted by Crippen LogP contribution is -2.43. The third-order valence-corrected chi connectivity index (χ3v) is 10.8. The Morgan fingerprint density at radius 1 is 0.677 bits per heavy atom. The van der Waals surface area contributed by atoms with Gasteiger partial charge in [-0.3, -0.25) is 29.2 Å². The zero-order chi connectivity index (χ0) is 45.1. The van der Waals surface area contributed by atoms with Crippen LogP contribution >= 0.6 is 15.9 Å². The number of pyridine rings is 2. The van der Waals surface area contributed by atoms with E-state index in [0.29, 0.717) is 12.1 Å². The maximum Gasteiger partial charge on any atom is 0.300 e. The minimum atomic E-state index is -0.833. The fourth-order valence-electron chi connectivity index (χ4n) is 6.42. The summed E-state index contributed by atoms with van der Waals surface area (Å²) in [5.41, 5.74) is 17.9. The largest absolute Gasteiger partial charge is 0.481 e. The van der Waals surface area contributed by atoms with Gasteiger partial charge in [-0.15, -0.1) is 0 Å². The van der Waals surface area contributed by atoms with Crippen LogP contribution in [0, 0.1) is 34.6 Å². The van der Waals surface area contributed by atoms with Crippen molar-refractivity contribution < 1.29 is 9.90 Å². The minimum absolute atomic E-state index is 0.281. The first-order valence-corrected chi connectivity index (χ1v) is 22.2. The molecule has 0 aromatic carbocycles. The molecule has 0 amide bonds. The van der Waals surface area contributed by atoms with Crippen molar-refractivity contribution in [2.75, 3.05) is 26.2 Å². The number of nitrogens with two attached hydrogens (primary N) is 2. The van der Waals surface area contributed by atoms with Crippen molar-refractivity contribution in [1.29, 1.82) is 0 Å². The van der Waals surface area contributed by atoms with Crippen LogP contribution < -0.4 is 22.1 Å². The zero-order valence-electron chi connectivity index (χ0n) is 37.4. The Balaban J connectivity index is 0.000000198. The highest BCUT2D eigenvalue weighted by molar-refractivity contribution is 9.10. The fraction of sp³-hybridized carbons (Fsp3) is 0.489. The summed E-state index contributed by atoms with van der Waals surface area (Å²) in [7, 11) is 0. The summed E-state index contributed by atoms with van der Waals surface area (Å²) in [6.07, 6.45) is 24.5. The number of carbonyl (C=O) groups is 1. The highest BCUT2D eigenvalue weighted by atomic mass is 79.9. The summed E-state index contributed by atoms with van der Waals surface area (Å²) in [5, 5.41) is 33.7. The predicted molar refractivity (Wildman–Crippen MR) is 250 cm³/mol. The van der Waals surface area contributed by atoms with Crippen LogP contribution in [0.3, 0.4) is 0 Å². The van der Waals surface area contributed by atoms with Crippen molar-refractivity contribution in [3.63, 3.8) is 0 Å². The monoisotopic (exact) mass is 916 g/mol. The number of rotatable bonds is 3. The van der Waals surface area contributed by atoms with E-state index in [9.17, 15) is 0 Å². The molecule has 8 heterocycles. The molecule has 3 fully saturated rings. The van der Waals surface area contributed by atoms with Crippen molar-refractivity contribution in [2.24, 2.45) is 11.5 Å². The molecule has 3 aliphatic rings. The number of nitrogens with one attached hydrogen (secondary N) is 3. The summed E-state index contributed by atoms with van der Waals surface area (Å²) in [6, 6.07) is 15.5. The van der Waals surface area contributed by atoms with E-state index < -0.39 is 5.97 Å². The van der Waals surface area contributed by atoms with Gasteiger partial charge in [-0.2, -0.15) is 20.4 Å². The number of piperidine rings is 2. The maximum absolute atomic E-state index is 9.00. The summed E-state index contributed by atoms with van der Waals surface area (Å²) in [6.45, 7) is 15.6. The average molecular weight is 918 g/mol. The smallest absolute Gasteiger partial charge is 0.300 e. The van der Waals surface area contributed by atoms with E-state index in [1.807, 2.05) is 81.9 Å². The summed E-state index contributed by atoms with van der Waals surface area (Å²) in [4.78, 5) is 16.8. The van der Waals surface area contributed by atoms with Gasteiger partial charge in [0.15, 0.2) is 0 Å². The number of aromatic amines is 1. The van der Waals surface area contributed by atoms with E-state index in [2.05, 4.69) is 89.8 Å². The molecule has 1 saturated carbocycles. The Labute approximate surface area is 375 Å². The number of carboxylic acids is 1. The Morgan fingerprint density at radius 3 is 1.53 bits per heavy atom. The zero-order valence-corrected chi connectivity index (χ0v) is 39.0. The fourth-order valence-corrected chi connectivity index (χ4v) is 6.71. The van der Waals surface area contributed by atoms with Gasteiger partial charge in [0.2, 0.25) is 0 Å². The maximum atomic E-state index is 9.00. The molecule has 8 N–H and O–H groups in total. The van der Waals surface area contributed by atoms with E-state index in [4.69, 9.17) is 21.4 Å². The summed E-state index contributed by atoms with van der Waals surface area (Å²) >= 11 is 3.48. The molecule has 17 heteroatoms. The number of aryl methyl sites for hydroxylation is 5. The number of aromatic nitrogens is 10. The second-order valence-corrected chi connectivity index (χ2v) is 16.3. The Morgan fingerprint density at radius 2 is 1.18 bits per heavy atom. The second kappa shape index (κ2) is 29.3. The molecule has 2 saturated heterocycles. The van der Waals surface area contributed by atoms with Gasteiger partial charge in [0.1, 0.15) is 0 Å². The molecule has 6 aromatic rings. The molecule has 0 unspecified atom stereocenters. The highest BCUT2D eigenvalue weighted by Crippen LogP contribution is 2.22. The molecule has 62 heavy (non-hydrogen) atoms.